The highest BCUT2D eigenvalue weighted by Gasteiger charge is 2.11. The maximum Gasteiger partial charge on any atom is 0.282 e. The van der Waals surface area contributed by atoms with Gasteiger partial charge in [-0.2, -0.15) is 4.98 Å². The molecule has 2 aromatic carbocycles. The molecule has 164 valence electrons. The number of benzene rings is 2. The summed E-state index contributed by atoms with van der Waals surface area (Å²) in [5.74, 6) is 0.459. The summed E-state index contributed by atoms with van der Waals surface area (Å²) in [4.78, 5) is 19.7. The van der Waals surface area contributed by atoms with E-state index in [2.05, 4.69) is 25.7 Å². The van der Waals surface area contributed by atoms with Crippen LogP contribution in [-0.2, 0) is 6.54 Å². The first-order valence-electron chi connectivity index (χ1n) is 10.1. The number of hydrogen-bond donors (Lipinski definition) is 5. The van der Waals surface area contributed by atoms with Crippen molar-refractivity contribution >= 4 is 11.7 Å². The minimum atomic E-state index is -0.358. The Kier molecular flexibility index (Phi) is 6.22. The summed E-state index contributed by atoms with van der Waals surface area (Å²) in [5.41, 5.74) is 7.85. The molecule has 0 saturated carbocycles. The van der Waals surface area contributed by atoms with Crippen molar-refractivity contribution in [1.82, 2.24) is 30.2 Å². The van der Waals surface area contributed by atoms with E-state index in [1.54, 1.807) is 18.3 Å². The van der Waals surface area contributed by atoms with Crippen LogP contribution in [0.2, 0.25) is 0 Å². The highest BCUT2D eigenvalue weighted by molar-refractivity contribution is 5.74. The zero-order valence-corrected chi connectivity index (χ0v) is 17.2. The number of halogens is 1. The van der Waals surface area contributed by atoms with E-state index >= 15 is 0 Å². The van der Waals surface area contributed by atoms with Crippen molar-refractivity contribution in [2.45, 2.75) is 13.0 Å². The minimum absolute atomic E-state index is 0.0225. The predicted molar refractivity (Wildman–Crippen MR) is 121 cm³/mol. The van der Waals surface area contributed by atoms with Gasteiger partial charge in [0.1, 0.15) is 5.82 Å². The zero-order chi connectivity index (χ0) is 22.5. The van der Waals surface area contributed by atoms with Crippen molar-refractivity contribution in [3.8, 4) is 22.5 Å². The molecule has 10 heteroatoms. The highest BCUT2D eigenvalue weighted by atomic mass is 19.1. The summed E-state index contributed by atoms with van der Waals surface area (Å²) in [6.07, 6.45) is 2.49. The van der Waals surface area contributed by atoms with Crippen LogP contribution < -0.4 is 21.9 Å². The van der Waals surface area contributed by atoms with Gasteiger partial charge in [0.2, 0.25) is 5.78 Å². The fraction of sp³-hybridized carbons (Fsp3) is 0.182. The second-order valence-electron chi connectivity index (χ2n) is 7.28. The van der Waals surface area contributed by atoms with E-state index in [9.17, 15) is 9.18 Å². The van der Waals surface area contributed by atoms with Gasteiger partial charge in [-0.1, -0.05) is 24.3 Å². The van der Waals surface area contributed by atoms with Crippen molar-refractivity contribution < 1.29 is 4.39 Å². The van der Waals surface area contributed by atoms with Crippen LogP contribution in [0.4, 0.5) is 4.39 Å². The van der Waals surface area contributed by atoms with E-state index in [0.29, 0.717) is 35.8 Å². The van der Waals surface area contributed by atoms with Gasteiger partial charge in [-0.05, 0) is 48.4 Å². The third-order valence-corrected chi connectivity index (χ3v) is 4.90. The first kappa shape index (κ1) is 21.2. The average molecular weight is 434 g/mol. The highest BCUT2D eigenvalue weighted by Crippen LogP contribution is 2.19. The monoisotopic (exact) mass is 434 g/mol. The molecule has 0 aliphatic rings. The van der Waals surface area contributed by atoms with Crippen LogP contribution in [0.25, 0.3) is 28.3 Å². The standard InChI is InChI=1S/C22H23FN8O/c23-17-8-6-16(7-9-17)19-28-22-29-20(32)18(13-31(22)30-19)15-4-2-14(3-5-15)12-26-10-1-11-27-21(24)25/h2-9,13,26H,1,10-12H2,(H4,24,25,27)(H,28,29,30,32). The molecule has 0 spiro atoms. The third kappa shape index (κ3) is 4.98. The molecule has 9 nitrogen and oxygen atoms in total. The molecule has 0 unspecified atom stereocenters. The lowest BCUT2D eigenvalue weighted by molar-refractivity contribution is 0.628. The molecule has 2 heterocycles. The van der Waals surface area contributed by atoms with E-state index in [0.717, 1.165) is 24.1 Å². The Morgan fingerprint density at radius 1 is 1.09 bits per heavy atom. The predicted octanol–water partition coefficient (Wildman–Crippen LogP) is 1.85. The molecule has 0 atom stereocenters. The molecule has 6 N–H and O–H groups in total. The molecule has 0 bridgehead atoms. The van der Waals surface area contributed by atoms with E-state index in [-0.39, 0.29) is 17.3 Å². The fourth-order valence-electron chi connectivity index (χ4n) is 3.25. The molecule has 0 fully saturated rings. The number of nitrogens with one attached hydrogen (secondary N) is 4. The molecule has 0 aliphatic carbocycles. The Balaban J connectivity index is 1.46. The van der Waals surface area contributed by atoms with E-state index in [4.69, 9.17) is 11.1 Å². The van der Waals surface area contributed by atoms with Crippen molar-refractivity contribution in [1.29, 1.82) is 5.41 Å². The van der Waals surface area contributed by atoms with Gasteiger partial charge in [-0.15, -0.1) is 5.10 Å². The summed E-state index contributed by atoms with van der Waals surface area (Å²) >= 11 is 0. The van der Waals surface area contributed by atoms with Crippen molar-refractivity contribution in [2.24, 2.45) is 5.73 Å². The molecule has 4 rings (SSSR count). The summed E-state index contributed by atoms with van der Waals surface area (Å²) in [6, 6.07) is 13.6. The SMILES string of the molecule is N=C(N)NCCCNCc1ccc(-c2cn3nc(-c4ccc(F)cc4)[nH]c3nc2=O)cc1. The molecular weight excluding hydrogens is 411 g/mol. The molecule has 2 aromatic heterocycles. The summed E-state index contributed by atoms with van der Waals surface area (Å²) in [5, 5.41) is 17.6. The average Bonchev–Trinajstić information content (AvgIpc) is 3.19. The van der Waals surface area contributed by atoms with Gasteiger partial charge in [-0.25, -0.2) is 8.91 Å². The Morgan fingerprint density at radius 3 is 2.53 bits per heavy atom. The number of aromatic nitrogens is 4. The van der Waals surface area contributed by atoms with Crippen LogP contribution in [0.15, 0.2) is 59.5 Å². The van der Waals surface area contributed by atoms with Crippen LogP contribution in [0.1, 0.15) is 12.0 Å². The van der Waals surface area contributed by atoms with Crippen LogP contribution in [0, 0.1) is 11.2 Å². The Hall–Kier alpha value is -4.05. The smallest absolute Gasteiger partial charge is 0.282 e. The number of aromatic amines is 1. The molecule has 0 amide bonds. The molecule has 0 saturated heterocycles. The van der Waals surface area contributed by atoms with Crippen molar-refractivity contribution in [2.75, 3.05) is 13.1 Å². The Morgan fingerprint density at radius 2 is 1.81 bits per heavy atom. The topological polar surface area (TPSA) is 137 Å². The Bertz CT molecular complexity index is 1280. The van der Waals surface area contributed by atoms with Crippen LogP contribution >= 0.6 is 0 Å². The van der Waals surface area contributed by atoms with Gasteiger partial charge in [0.05, 0.1) is 5.56 Å². The van der Waals surface area contributed by atoms with Crippen LogP contribution in [-0.4, -0.2) is 38.6 Å². The van der Waals surface area contributed by atoms with E-state index < -0.39 is 0 Å². The number of H-pyrrole nitrogens is 1. The van der Waals surface area contributed by atoms with Gasteiger partial charge >= 0.3 is 0 Å². The van der Waals surface area contributed by atoms with Gasteiger partial charge in [0, 0.05) is 24.8 Å². The third-order valence-electron chi connectivity index (χ3n) is 4.90. The van der Waals surface area contributed by atoms with Gasteiger partial charge < -0.3 is 21.4 Å². The lowest BCUT2D eigenvalue weighted by atomic mass is 10.1. The minimum Gasteiger partial charge on any atom is -0.370 e. The van der Waals surface area contributed by atoms with Crippen LogP contribution in [0.5, 0.6) is 0 Å². The van der Waals surface area contributed by atoms with Gasteiger partial charge in [-0.3, -0.25) is 10.2 Å². The number of rotatable bonds is 8. The summed E-state index contributed by atoms with van der Waals surface area (Å²) in [7, 11) is 0. The fourth-order valence-corrected chi connectivity index (χ4v) is 3.25. The molecule has 4 aromatic rings. The number of guanidine groups is 1. The second-order valence-corrected chi connectivity index (χ2v) is 7.28. The Labute approximate surface area is 183 Å². The van der Waals surface area contributed by atoms with Crippen LogP contribution in [0.3, 0.4) is 0 Å². The number of hydrogen-bond acceptors (Lipinski definition) is 5. The molecule has 0 radical (unpaired) electrons. The lowest BCUT2D eigenvalue weighted by Gasteiger charge is -2.07. The molecule has 32 heavy (non-hydrogen) atoms. The maximum absolute atomic E-state index is 13.2. The van der Waals surface area contributed by atoms with Gasteiger partial charge in [0.15, 0.2) is 11.8 Å². The maximum atomic E-state index is 13.2. The van der Waals surface area contributed by atoms with Gasteiger partial charge in [0.25, 0.3) is 5.56 Å². The quantitative estimate of drug-likeness (QED) is 0.163. The molecule has 0 aliphatic heterocycles. The summed E-state index contributed by atoms with van der Waals surface area (Å²) in [6.45, 7) is 2.13. The number of fused-ring (bicyclic) bond motifs is 1. The van der Waals surface area contributed by atoms with Crippen molar-refractivity contribution in [3.05, 3.63) is 76.5 Å². The number of nitrogens with two attached hydrogens (primary N) is 1. The normalized spacial score (nSPS) is 11.0. The lowest BCUT2D eigenvalue weighted by Crippen LogP contribution is -2.32. The largest absolute Gasteiger partial charge is 0.370 e. The first-order valence-corrected chi connectivity index (χ1v) is 10.1. The van der Waals surface area contributed by atoms with E-state index in [1.165, 1.54) is 16.6 Å². The first-order chi connectivity index (χ1) is 15.5. The molecular formula is C22H23FN8O. The summed E-state index contributed by atoms with van der Waals surface area (Å²) < 4.78 is 14.7. The zero-order valence-electron chi connectivity index (χ0n) is 17.2. The second kappa shape index (κ2) is 9.40. The van der Waals surface area contributed by atoms with E-state index in [1.807, 2.05) is 24.3 Å². The van der Waals surface area contributed by atoms with Crippen molar-refractivity contribution in [3.63, 3.8) is 0 Å². The number of nitrogens with zero attached hydrogens (tertiary/aromatic N) is 3.